The number of hydrogen-bond donors (Lipinski definition) is 1. The van der Waals surface area contributed by atoms with Crippen LogP contribution in [0.5, 0.6) is 0 Å². The van der Waals surface area contributed by atoms with E-state index in [0.717, 1.165) is 12.8 Å². The van der Waals surface area contributed by atoms with Gasteiger partial charge in [0, 0.05) is 12.0 Å². The molecule has 1 atom stereocenters. The molecule has 4 nitrogen and oxygen atoms in total. The number of carbonyl (C=O) groups is 1. The van der Waals surface area contributed by atoms with Crippen molar-refractivity contribution >= 4 is 17.0 Å². The summed E-state index contributed by atoms with van der Waals surface area (Å²) in [6.45, 7) is 5.76. The molecule has 1 unspecified atom stereocenters. The molecule has 0 aliphatic heterocycles. The van der Waals surface area contributed by atoms with E-state index in [1.54, 1.807) is 0 Å². The Kier molecular flexibility index (Phi) is 7.49. The second kappa shape index (κ2) is 7.24. The SMILES string of the molecule is CC(C)(C)S(=O)NC1CCC(C(=O)[O-])CC1.[Na+]. The standard InChI is InChI=1S/C11H21NO3S.Na/c1-11(2,3)16(15)12-9-6-4-8(5-7-9)10(13)14;/h8-9,12H,4-7H2,1-3H3,(H,13,14);/q;+1/p-1. The molecule has 1 fully saturated rings. The molecule has 0 aromatic carbocycles. The van der Waals surface area contributed by atoms with Gasteiger partial charge in [-0.05, 0) is 52.4 Å². The summed E-state index contributed by atoms with van der Waals surface area (Å²) in [6.07, 6.45) is 2.78. The van der Waals surface area contributed by atoms with E-state index in [0.29, 0.717) is 12.8 Å². The first kappa shape index (κ1) is 17.6. The van der Waals surface area contributed by atoms with Crippen LogP contribution in [0.2, 0.25) is 0 Å². The molecule has 0 saturated heterocycles. The van der Waals surface area contributed by atoms with E-state index in [-0.39, 0.29) is 46.3 Å². The van der Waals surface area contributed by atoms with Crippen molar-refractivity contribution in [1.29, 1.82) is 0 Å². The number of carboxylic acid groups (broad SMARTS) is 1. The molecule has 1 N–H and O–H groups in total. The van der Waals surface area contributed by atoms with Crippen LogP contribution in [0.4, 0.5) is 0 Å². The summed E-state index contributed by atoms with van der Waals surface area (Å²) >= 11 is 0. The molecule has 0 amide bonds. The largest absolute Gasteiger partial charge is 1.00 e. The van der Waals surface area contributed by atoms with Gasteiger partial charge in [-0.2, -0.15) is 0 Å². The molecule has 1 saturated carbocycles. The number of carboxylic acids is 1. The smallest absolute Gasteiger partial charge is 0.550 e. The van der Waals surface area contributed by atoms with E-state index in [9.17, 15) is 14.1 Å². The van der Waals surface area contributed by atoms with Crippen LogP contribution in [0.3, 0.4) is 0 Å². The van der Waals surface area contributed by atoms with Crippen molar-refractivity contribution in [3.05, 3.63) is 0 Å². The first-order valence-corrected chi connectivity index (χ1v) is 6.84. The molecule has 1 aliphatic carbocycles. The average molecular weight is 269 g/mol. The number of carbonyl (C=O) groups excluding carboxylic acids is 1. The third-order valence-corrected chi connectivity index (χ3v) is 4.55. The van der Waals surface area contributed by atoms with E-state index < -0.39 is 17.0 Å². The van der Waals surface area contributed by atoms with Crippen molar-refractivity contribution in [1.82, 2.24) is 4.72 Å². The molecule has 0 aromatic rings. The maximum atomic E-state index is 11.8. The van der Waals surface area contributed by atoms with Crippen LogP contribution in [-0.4, -0.2) is 21.0 Å². The Morgan fingerprint density at radius 1 is 1.24 bits per heavy atom. The summed E-state index contributed by atoms with van der Waals surface area (Å²) in [5.41, 5.74) is 0. The predicted octanol–water partition coefficient (Wildman–Crippen LogP) is -2.65. The Bertz CT molecular complexity index is 283. The summed E-state index contributed by atoms with van der Waals surface area (Å²) in [5.74, 6) is -1.27. The molecule has 17 heavy (non-hydrogen) atoms. The summed E-state index contributed by atoms with van der Waals surface area (Å²) in [4.78, 5) is 10.7. The first-order chi connectivity index (χ1) is 7.30. The molecule has 0 radical (unpaired) electrons. The minimum absolute atomic E-state index is 0. The zero-order valence-electron chi connectivity index (χ0n) is 11.1. The Balaban J connectivity index is 0.00000256. The van der Waals surface area contributed by atoms with Gasteiger partial charge in [0.25, 0.3) is 0 Å². The molecule has 0 spiro atoms. The normalized spacial score (nSPS) is 27.0. The fraction of sp³-hybridized carbons (Fsp3) is 0.909. The second-order valence-electron chi connectivity index (χ2n) is 5.37. The topological polar surface area (TPSA) is 69.2 Å². The van der Waals surface area contributed by atoms with Gasteiger partial charge in [-0.25, -0.2) is 8.93 Å². The third-order valence-electron chi connectivity index (χ3n) is 2.89. The van der Waals surface area contributed by atoms with Gasteiger partial charge in [-0.3, -0.25) is 0 Å². The third kappa shape index (κ3) is 5.83. The van der Waals surface area contributed by atoms with E-state index in [2.05, 4.69) is 4.72 Å². The average Bonchev–Trinajstić information content (AvgIpc) is 2.17. The Hall–Kier alpha value is 0.580. The molecule has 1 rings (SSSR count). The second-order valence-corrected chi connectivity index (χ2v) is 7.36. The fourth-order valence-corrected chi connectivity index (χ4v) is 2.67. The van der Waals surface area contributed by atoms with Crippen molar-refractivity contribution in [2.45, 2.75) is 57.2 Å². The van der Waals surface area contributed by atoms with Gasteiger partial charge in [0.1, 0.15) is 0 Å². The van der Waals surface area contributed by atoms with E-state index >= 15 is 0 Å². The Morgan fingerprint density at radius 2 is 1.71 bits per heavy atom. The number of aliphatic carboxylic acids is 1. The first-order valence-electron chi connectivity index (χ1n) is 5.69. The summed E-state index contributed by atoms with van der Waals surface area (Å²) in [7, 11) is -1.07. The summed E-state index contributed by atoms with van der Waals surface area (Å²) < 4.78 is 14.6. The quantitative estimate of drug-likeness (QED) is 0.569. The van der Waals surface area contributed by atoms with Crippen LogP contribution >= 0.6 is 0 Å². The van der Waals surface area contributed by atoms with Crippen LogP contribution in [0.1, 0.15) is 46.5 Å². The minimum atomic E-state index is -1.07. The van der Waals surface area contributed by atoms with Crippen LogP contribution in [0.25, 0.3) is 0 Å². The minimum Gasteiger partial charge on any atom is -0.550 e. The molecule has 0 aromatic heterocycles. The predicted molar refractivity (Wildman–Crippen MR) is 61.8 cm³/mol. The molecule has 6 heteroatoms. The number of nitrogens with one attached hydrogen (secondary N) is 1. The van der Waals surface area contributed by atoms with Crippen LogP contribution in [0.15, 0.2) is 0 Å². The monoisotopic (exact) mass is 269 g/mol. The summed E-state index contributed by atoms with van der Waals surface area (Å²) in [6, 6.07) is 0.177. The van der Waals surface area contributed by atoms with E-state index in [1.807, 2.05) is 20.8 Å². The molecule has 94 valence electrons. The zero-order chi connectivity index (χ0) is 12.3. The van der Waals surface area contributed by atoms with Gasteiger partial charge in [0.2, 0.25) is 0 Å². The van der Waals surface area contributed by atoms with Gasteiger partial charge in [0.15, 0.2) is 0 Å². The van der Waals surface area contributed by atoms with Gasteiger partial charge in [-0.1, -0.05) is 0 Å². The zero-order valence-corrected chi connectivity index (χ0v) is 13.9. The molecule has 1 aliphatic rings. The van der Waals surface area contributed by atoms with Crippen LogP contribution < -0.4 is 39.4 Å². The molecular formula is C11H20NNaO3S. The van der Waals surface area contributed by atoms with Crippen LogP contribution in [-0.2, 0) is 15.8 Å². The number of hydrogen-bond acceptors (Lipinski definition) is 3. The van der Waals surface area contributed by atoms with Crippen molar-refractivity contribution in [2.75, 3.05) is 0 Å². The van der Waals surface area contributed by atoms with Gasteiger partial charge >= 0.3 is 29.6 Å². The summed E-state index contributed by atoms with van der Waals surface area (Å²) in [5, 5.41) is 10.7. The number of rotatable bonds is 3. The van der Waals surface area contributed by atoms with Crippen LogP contribution in [0, 0.1) is 5.92 Å². The molecule has 0 bridgehead atoms. The van der Waals surface area contributed by atoms with E-state index in [1.165, 1.54) is 0 Å². The Labute approximate surface area is 128 Å². The van der Waals surface area contributed by atoms with Gasteiger partial charge in [0.05, 0.1) is 15.7 Å². The molecule has 0 heterocycles. The van der Waals surface area contributed by atoms with Crippen molar-refractivity contribution in [3.8, 4) is 0 Å². The maximum Gasteiger partial charge on any atom is 1.00 e. The van der Waals surface area contributed by atoms with Crippen molar-refractivity contribution < 1.29 is 43.7 Å². The van der Waals surface area contributed by atoms with Crippen molar-refractivity contribution in [3.63, 3.8) is 0 Å². The Morgan fingerprint density at radius 3 is 2.06 bits per heavy atom. The fourth-order valence-electron chi connectivity index (χ4n) is 1.78. The maximum absolute atomic E-state index is 11.8. The van der Waals surface area contributed by atoms with Crippen molar-refractivity contribution in [2.24, 2.45) is 5.92 Å². The van der Waals surface area contributed by atoms with Gasteiger partial charge < -0.3 is 9.90 Å². The van der Waals surface area contributed by atoms with Gasteiger partial charge in [-0.15, -0.1) is 0 Å². The molecular weight excluding hydrogens is 249 g/mol. The van der Waals surface area contributed by atoms with E-state index in [4.69, 9.17) is 0 Å².